The maximum atomic E-state index is 11.7. The van der Waals surface area contributed by atoms with E-state index >= 15 is 0 Å². The van der Waals surface area contributed by atoms with E-state index < -0.39 is 10.0 Å². The molecule has 0 spiro atoms. The second-order valence-electron chi connectivity index (χ2n) is 4.89. The van der Waals surface area contributed by atoms with Gasteiger partial charge in [-0.2, -0.15) is 0 Å². The summed E-state index contributed by atoms with van der Waals surface area (Å²) < 4.78 is 26.0. The predicted octanol–water partition coefficient (Wildman–Crippen LogP) is 1.84. The molecule has 19 heavy (non-hydrogen) atoms. The third-order valence-corrected chi connectivity index (χ3v) is 4.27. The minimum absolute atomic E-state index is 0.116. The highest BCUT2D eigenvalue weighted by molar-refractivity contribution is 7.89. The summed E-state index contributed by atoms with van der Waals surface area (Å²) in [5.74, 6) is 0.608. The summed E-state index contributed by atoms with van der Waals surface area (Å²) >= 11 is 0. The predicted molar refractivity (Wildman–Crippen MR) is 79.7 cm³/mol. The average Bonchev–Trinajstić information content (AvgIpc) is 2.37. The van der Waals surface area contributed by atoms with Gasteiger partial charge < -0.3 is 5.32 Å². The van der Waals surface area contributed by atoms with Crippen molar-refractivity contribution in [2.45, 2.75) is 33.2 Å². The first-order valence-corrected chi connectivity index (χ1v) is 8.36. The third kappa shape index (κ3) is 6.18. The highest BCUT2D eigenvalue weighted by Gasteiger charge is 2.09. The van der Waals surface area contributed by atoms with Crippen LogP contribution in [0.25, 0.3) is 0 Å². The van der Waals surface area contributed by atoms with E-state index in [0.717, 1.165) is 12.1 Å². The van der Waals surface area contributed by atoms with Gasteiger partial charge in [-0.05, 0) is 23.6 Å². The molecule has 0 fully saturated rings. The normalized spacial score (nSPS) is 12.0. The van der Waals surface area contributed by atoms with Gasteiger partial charge in [-0.15, -0.1) is 0 Å². The standard InChI is InChI=1S/C14H24N2O2S/c1-4-15-9-10-19(17,18)16-11-13-5-7-14(8-6-13)12(2)3/h5-8,12,15-16H,4,9-11H2,1-3H3. The summed E-state index contributed by atoms with van der Waals surface area (Å²) in [7, 11) is -3.19. The molecule has 0 heterocycles. The van der Waals surface area contributed by atoms with Gasteiger partial charge in [0, 0.05) is 13.1 Å². The molecule has 1 aromatic rings. The SMILES string of the molecule is CCNCCS(=O)(=O)NCc1ccc(C(C)C)cc1. The smallest absolute Gasteiger partial charge is 0.213 e. The molecule has 0 aromatic heterocycles. The third-order valence-electron chi connectivity index (χ3n) is 2.94. The van der Waals surface area contributed by atoms with Crippen molar-refractivity contribution in [1.29, 1.82) is 0 Å². The van der Waals surface area contributed by atoms with Crippen LogP contribution in [0.1, 0.15) is 37.8 Å². The monoisotopic (exact) mass is 284 g/mol. The Kier molecular flexibility index (Phi) is 6.48. The minimum Gasteiger partial charge on any atom is -0.316 e. The van der Waals surface area contributed by atoms with Gasteiger partial charge in [-0.3, -0.25) is 0 Å². The Hall–Kier alpha value is -0.910. The molecule has 0 radical (unpaired) electrons. The van der Waals surface area contributed by atoms with Crippen molar-refractivity contribution in [3.8, 4) is 0 Å². The van der Waals surface area contributed by atoms with Crippen molar-refractivity contribution < 1.29 is 8.42 Å². The zero-order chi connectivity index (χ0) is 14.3. The van der Waals surface area contributed by atoms with Crippen LogP contribution in [-0.4, -0.2) is 27.3 Å². The fourth-order valence-electron chi connectivity index (χ4n) is 1.67. The van der Waals surface area contributed by atoms with E-state index in [1.807, 2.05) is 31.2 Å². The molecule has 0 unspecified atom stereocenters. The summed E-state index contributed by atoms with van der Waals surface area (Å²) in [6, 6.07) is 8.05. The lowest BCUT2D eigenvalue weighted by Crippen LogP contribution is -2.31. The van der Waals surface area contributed by atoms with Crippen LogP contribution >= 0.6 is 0 Å². The van der Waals surface area contributed by atoms with Crippen LogP contribution < -0.4 is 10.0 Å². The molecule has 0 atom stereocenters. The van der Waals surface area contributed by atoms with E-state index in [2.05, 4.69) is 23.9 Å². The zero-order valence-corrected chi connectivity index (χ0v) is 12.8. The van der Waals surface area contributed by atoms with Crippen LogP contribution in [0.5, 0.6) is 0 Å². The van der Waals surface area contributed by atoms with Crippen molar-refractivity contribution in [1.82, 2.24) is 10.0 Å². The van der Waals surface area contributed by atoms with Gasteiger partial charge in [0.1, 0.15) is 0 Å². The Morgan fingerprint density at radius 1 is 1.16 bits per heavy atom. The molecule has 0 amide bonds. The van der Waals surface area contributed by atoms with Crippen molar-refractivity contribution >= 4 is 10.0 Å². The molecule has 0 saturated heterocycles. The second-order valence-corrected chi connectivity index (χ2v) is 6.82. The number of sulfonamides is 1. The van der Waals surface area contributed by atoms with Gasteiger partial charge in [0.15, 0.2) is 0 Å². The molecule has 5 heteroatoms. The molecular formula is C14H24N2O2S. The van der Waals surface area contributed by atoms with E-state index in [1.165, 1.54) is 5.56 Å². The molecule has 0 aliphatic heterocycles. The topological polar surface area (TPSA) is 58.2 Å². The summed E-state index contributed by atoms with van der Waals surface area (Å²) in [5, 5.41) is 3.00. The van der Waals surface area contributed by atoms with Crippen LogP contribution in [0.2, 0.25) is 0 Å². The molecule has 4 nitrogen and oxygen atoms in total. The number of hydrogen-bond acceptors (Lipinski definition) is 3. The molecule has 0 bridgehead atoms. The lowest BCUT2D eigenvalue weighted by atomic mass is 10.0. The van der Waals surface area contributed by atoms with Crippen LogP contribution in [-0.2, 0) is 16.6 Å². The minimum atomic E-state index is -3.19. The molecule has 0 aliphatic carbocycles. The Bertz CT molecular complexity index is 467. The van der Waals surface area contributed by atoms with E-state index in [1.54, 1.807) is 0 Å². The molecular weight excluding hydrogens is 260 g/mol. The number of rotatable bonds is 8. The Labute approximate surface area is 116 Å². The maximum Gasteiger partial charge on any atom is 0.213 e. The highest BCUT2D eigenvalue weighted by atomic mass is 32.2. The van der Waals surface area contributed by atoms with Crippen molar-refractivity contribution in [2.75, 3.05) is 18.8 Å². The Morgan fingerprint density at radius 3 is 2.32 bits per heavy atom. The average molecular weight is 284 g/mol. The fourth-order valence-corrected chi connectivity index (χ4v) is 2.61. The largest absolute Gasteiger partial charge is 0.316 e. The van der Waals surface area contributed by atoms with Crippen LogP contribution in [0.15, 0.2) is 24.3 Å². The number of hydrogen-bond donors (Lipinski definition) is 2. The van der Waals surface area contributed by atoms with Gasteiger partial charge in [0.05, 0.1) is 5.75 Å². The lowest BCUT2D eigenvalue weighted by Gasteiger charge is -2.09. The van der Waals surface area contributed by atoms with Crippen molar-refractivity contribution in [3.05, 3.63) is 35.4 Å². The number of benzene rings is 1. The van der Waals surface area contributed by atoms with Crippen molar-refractivity contribution in [2.24, 2.45) is 0 Å². The summed E-state index contributed by atoms with van der Waals surface area (Å²) in [6.45, 7) is 7.85. The highest BCUT2D eigenvalue weighted by Crippen LogP contribution is 2.14. The van der Waals surface area contributed by atoms with Gasteiger partial charge in [-0.25, -0.2) is 13.1 Å². The Morgan fingerprint density at radius 2 is 1.79 bits per heavy atom. The van der Waals surface area contributed by atoms with Crippen LogP contribution in [0.3, 0.4) is 0 Å². The summed E-state index contributed by atoms with van der Waals surface area (Å²) in [4.78, 5) is 0. The van der Waals surface area contributed by atoms with Gasteiger partial charge in [0.2, 0.25) is 10.0 Å². The quantitative estimate of drug-likeness (QED) is 0.716. The molecule has 1 aromatic carbocycles. The summed E-state index contributed by atoms with van der Waals surface area (Å²) in [6.07, 6.45) is 0. The van der Waals surface area contributed by atoms with E-state index in [9.17, 15) is 8.42 Å². The second kappa shape index (κ2) is 7.62. The van der Waals surface area contributed by atoms with Crippen LogP contribution in [0.4, 0.5) is 0 Å². The first kappa shape index (κ1) is 16.1. The zero-order valence-electron chi connectivity index (χ0n) is 11.9. The molecule has 2 N–H and O–H groups in total. The first-order chi connectivity index (χ1) is 8.94. The van der Waals surface area contributed by atoms with E-state index in [0.29, 0.717) is 19.0 Å². The van der Waals surface area contributed by atoms with Crippen LogP contribution in [0, 0.1) is 0 Å². The van der Waals surface area contributed by atoms with E-state index in [4.69, 9.17) is 0 Å². The lowest BCUT2D eigenvalue weighted by molar-refractivity contribution is 0.577. The Balaban J connectivity index is 2.47. The number of nitrogens with one attached hydrogen (secondary N) is 2. The molecule has 0 saturated carbocycles. The molecule has 1 rings (SSSR count). The molecule has 0 aliphatic rings. The molecule has 108 valence electrons. The summed E-state index contributed by atoms with van der Waals surface area (Å²) in [5.41, 5.74) is 2.25. The first-order valence-electron chi connectivity index (χ1n) is 6.71. The maximum absolute atomic E-state index is 11.7. The van der Waals surface area contributed by atoms with Gasteiger partial charge >= 0.3 is 0 Å². The van der Waals surface area contributed by atoms with Gasteiger partial charge in [0.25, 0.3) is 0 Å². The van der Waals surface area contributed by atoms with E-state index in [-0.39, 0.29) is 5.75 Å². The van der Waals surface area contributed by atoms with Gasteiger partial charge in [-0.1, -0.05) is 45.0 Å². The van der Waals surface area contributed by atoms with Crippen molar-refractivity contribution in [3.63, 3.8) is 0 Å². The fraction of sp³-hybridized carbons (Fsp3) is 0.571.